The number of rotatable bonds is 2. The Morgan fingerprint density at radius 3 is 2.67 bits per heavy atom. The van der Waals surface area contributed by atoms with Crippen molar-refractivity contribution in [3.05, 3.63) is 28.7 Å². The molecule has 4 nitrogen and oxygen atoms in total. The van der Waals surface area contributed by atoms with E-state index in [4.69, 9.17) is 5.11 Å². The van der Waals surface area contributed by atoms with E-state index >= 15 is 0 Å². The highest BCUT2D eigenvalue weighted by molar-refractivity contribution is 7.80. The molecule has 0 saturated carbocycles. The van der Waals surface area contributed by atoms with E-state index in [1.54, 1.807) is 0 Å². The molecule has 0 aliphatic heterocycles. The van der Waals surface area contributed by atoms with E-state index in [-0.39, 0.29) is 11.3 Å². The van der Waals surface area contributed by atoms with E-state index in [9.17, 15) is 9.70 Å². The van der Waals surface area contributed by atoms with Crippen LogP contribution in [0.3, 0.4) is 0 Å². The van der Waals surface area contributed by atoms with E-state index < -0.39 is 5.97 Å². The van der Waals surface area contributed by atoms with Crippen LogP contribution in [-0.4, -0.2) is 11.1 Å². The van der Waals surface area contributed by atoms with Crippen LogP contribution in [0.4, 0.5) is 5.69 Å². The Bertz CT molecular complexity index is 337. The van der Waals surface area contributed by atoms with Gasteiger partial charge in [-0.15, -0.1) is 17.5 Å². The SMILES string of the molecule is O=Nc1cc(C(=O)O)ccc1S. The summed E-state index contributed by atoms with van der Waals surface area (Å²) in [6.07, 6.45) is 0. The number of hydrogen-bond acceptors (Lipinski definition) is 4. The van der Waals surface area contributed by atoms with E-state index in [0.29, 0.717) is 4.90 Å². The Kier molecular flexibility index (Phi) is 2.44. The van der Waals surface area contributed by atoms with Gasteiger partial charge in [-0.1, -0.05) is 0 Å². The molecule has 1 rings (SSSR count). The van der Waals surface area contributed by atoms with Gasteiger partial charge in [0.1, 0.15) is 5.69 Å². The molecule has 1 N–H and O–H groups in total. The Labute approximate surface area is 73.6 Å². The summed E-state index contributed by atoms with van der Waals surface area (Å²) in [7, 11) is 0. The number of thiol groups is 1. The molecule has 1 aromatic carbocycles. The minimum absolute atomic E-state index is 0.0300. The van der Waals surface area contributed by atoms with Crippen LogP contribution in [0.5, 0.6) is 0 Å². The third-order valence-electron chi connectivity index (χ3n) is 1.32. The topological polar surface area (TPSA) is 66.7 Å². The van der Waals surface area contributed by atoms with Crippen LogP contribution in [0.1, 0.15) is 10.4 Å². The molecule has 0 unspecified atom stereocenters. The van der Waals surface area contributed by atoms with Crippen molar-refractivity contribution in [3.8, 4) is 0 Å². The number of aromatic carboxylic acids is 1. The van der Waals surface area contributed by atoms with Crippen molar-refractivity contribution in [1.29, 1.82) is 0 Å². The van der Waals surface area contributed by atoms with Gasteiger partial charge in [0, 0.05) is 4.90 Å². The summed E-state index contributed by atoms with van der Waals surface area (Å²) < 4.78 is 0. The first-order chi connectivity index (χ1) is 5.65. The monoisotopic (exact) mass is 183 g/mol. The molecule has 1 aromatic rings. The number of carbonyl (C=O) groups is 1. The smallest absolute Gasteiger partial charge is 0.335 e. The van der Waals surface area contributed by atoms with E-state index in [2.05, 4.69) is 17.8 Å². The molecule has 0 fully saturated rings. The highest BCUT2D eigenvalue weighted by Gasteiger charge is 2.05. The predicted octanol–water partition coefficient (Wildman–Crippen LogP) is 2.07. The van der Waals surface area contributed by atoms with E-state index in [1.807, 2.05) is 0 Å². The van der Waals surface area contributed by atoms with Gasteiger partial charge in [-0.25, -0.2) is 4.79 Å². The summed E-state index contributed by atoms with van der Waals surface area (Å²) in [6, 6.07) is 3.96. The average molecular weight is 183 g/mol. The van der Waals surface area contributed by atoms with Crippen LogP contribution >= 0.6 is 12.6 Å². The predicted molar refractivity (Wildman–Crippen MR) is 46.1 cm³/mol. The third kappa shape index (κ3) is 1.62. The molecule has 0 spiro atoms. The fraction of sp³-hybridized carbons (Fsp3) is 0. The molecule has 0 aliphatic carbocycles. The molecule has 0 atom stereocenters. The van der Waals surface area contributed by atoms with Gasteiger partial charge in [0.2, 0.25) is 0 Å². The molecular weight excluding hydrogens is 178 g/mol. The zero-order valence-corrected chi connectivity index (χ0v) is 6.78. The van der Waals surface area contributed by atoms with Gasteiger partial charge >= 0.3 is 5.97 Å². The summed E-state index contributed by atoms with van der Waals surface area (Å²) in [4.78, 5) is 20.9. The van der Waals surface area contributed by atoms with Gasteiger partial charge in [0.05, 0.1) is 5.56 Å². The van der Waals surface area contributed by atoms with Gasteiger partial charge in [0.15, 0.2) is 0 Å². The molecule has 0 radical (unpaired) electrons. The van der Waals surface area contributed by atoms with Crippen molar-refractivity contribution >= 4 is 24.3 Å². The summed E-state index contributed by atoms with van der Waals surface area (Å²) in [6.45, 7) is 0. The van der Waals surface area contributed by atoms with Crippen LogP contribution in [0.25, 0.3) is 0 Å². The summed E-state index contributed by atoms with van der Waals surface area (Å²) in [5.74, 6) is -1.09. The Morgan fingerprint density at radius 1 is 1.50 bits per heavy atom. The van der Waals surface area contributed by atoms with Crippen molar-refractivity contribution in [1.82, 2.24) is 0 Å². The molecule has 0 bridgehead atoms. The molecule has 0 aliphatic rings. The number of hydrogen-bond donors (Lipinski definition) is 2. The second kappa shape index (κ2) is 3.36. The fourth-order valence-corrected chi connectivity index (χ4v) is 0.909. The Hall–Kier alpha value is -1.36. The van der Waals surface area contributed by atoms with Crippen LogP contribution in [-0.2, 0) is 0 Å². The molecule has 12 heavy (non-hydrogen) atoms. The lowest BCUT2D eigenvalue weighted by atomic mass is 10.2. The molecule has 5 heteroatoms. The van der Waals surface area contributed by atoms with Crippen LogP contribution < -0.4 is 0 Å². The van der Waals surface area contributed by atoms with Crippen molar-refractivity contribution in [2.24, 2.45) is 5.18 Å². The summed E-state index contributed by atoms with van der Waals surface area (Å²) in [5, 5.41) is 11.2. The van der Waals surface area contributed by atoms with Crippen molar-refractivity contribution in [2.45, 2.75) is 4.90 Å². The number of nitroso groups, excluding NO2 is 1. The van der Waals surface area contributed by atoms with Gasteiger partial charge in [-0.05, 0) is 23.4 Å². The second-order valence-electron chi connectivity index (χ2n) is 2.10. The minimum atomic E-state index is -1.09. The molecule has 0 saturated heterocycles. The van der Waals surface area contributed by atoms with Crippen molar-refractivity contribution in [2.75, 3.05) is 0 Å². The minimum Gasteiger partial charge on any atom is -0.478 e. The first kappa shape index (κ1) is 8.73. The normalized spacial score (nSPS) is 9.42. The van der Waals surface area contributed by atoms with Crippen LogP contribution in [0, 0.1) is 4.91 Å². The first-order valence-electron chi connectivity index (χ1n) is 3.05. The Morgan fingerprint density at radius 2 is 2.17 bits per heavy atom. The number of nitrogens with zero attached hydrogens (tertiary/aromatic N) is 1. The quantitative estimate of drug-likeness (QED) is 0.544. The highest BCUT2D eigenvalue weighted by Crippen LogP contribution is 2.23. The maximum absolute atomic E-state index is 10.4. The number of carboxylic acids is 1. The maximum atomic E-state index is 10.4. The number of benzene rings is 1. The summed E-state index contributed by atoms with van der Waals surface area (Å²) in [5.41, 5.74) is 0.0700. The summed E-state index contributed by atoms with van der Waals surface area (Å²) >= 11 is 3.91. The molecular formula is C7H5NO3S. The zero-order valence-electron chi connectivity index (χ0n) is 5.89. The van der Waals surface area contributed by atoms with E-state index in [1.165, 1.54) is 18.2 Å². The van der Waals surface area contributed by atoms with Crippen molar-refractivity contribution in [3.63, 3.8) is 0 Å². The first-order valence-corrected chi connectivity index (χ1v) is 3.49. The molecule has 62 valence electrons. The van der Waals surface area contributed by atoms with Crippen LogP contribution in [0.15, 0.2) is 28.3 Å². The van der Waals surface area contributed by atoms with Gasteiger partial charge < -0.3 is 5.11 Å². The standard InChI is InChI=1S/C7H5NO3S/c9-7(10)4-1-2-6(12)5(3-4)8-11/h1-3,12H,(H,9,10). The lowest BCUT2D eigenvalue weighted by molar-refractivity contribution is 0.0697. The third-order valence-corrected chi connectivity index (χ3v) is 1.70. The second-order valence-corrected chi connectivity index (χ2v) is 2.58. The largest absolute Gasteiger partial charge is 0.478 e. The Balaban J connectivity index is 3.22. The maximum Gasteiger partial charge on any atom is 0.335 e. The average Bonchev–Trinajstić information content (AvgIpc) is 2.05. The molecule has 0 aromatic heterocycles. The molecule has 0 amide bonds. The van der Waals surface area contributed by atoms with Gasteiger partial charge in [-0.3, -0.25) is 0 Å². The fourth-order valence-electron chi connectivity index (χ4n) is 0.730. The lowest BCUT2D eigenvalue weighted by Gasteiger charge is -1.96. The zero-order chi connectivity index (χ0) is 9.14. The van der Waals surface area contributed by atoms with E-state index in [0.717, 1.165) is 0 Å². The van der Waals surface area contributed by atoms with Gasteiger partial charge in [-0.2, -0.15) is 0 Å². The van der Waals surface area contributed by atoms with Crippen LogP contribution in [0.2, 0.25) is 0 Å². The molecule has 0 heterocycles. The lowest BCUT2D eigenvalue weighted by Crippen LogP contribution is -1.94. The highest BCUT2D eigenvalue weighted by atomic mass is 32.1. The number of carboxylic acid groups (broad SMARTS) is 1. The van der Waals surface area contributed by atoms with Gasteiger partial charge in [0.25, 0.3) is 0 Å². The van der Waals surface area contributed by atoms with Crippen molar-refractivity contribution < 1.29 is 9.90 Å².